The standard InChI is InChI=1S/C42H76O7/c1-3-5-7-9-11-13-15-17-19-21-23-25-27-29-31-33-39(45)48-38(35-43)42-41(37(44)36-47-42)49-40(46)34-32-30-28-26-24-22-20-18-16-14-12-10-8-6-4-2/h17-20,37-38,41-44H,3-16,21-36H2,1-2H3/t37-,38+,41+,42+/m0/s1. The minimum absolute atomic E-state index is 0.0295. The summed E-state index contributed by atoms with van der Waals surface area (Å²) in [7, 11) is 0. The van der Waals surface area contributed by atoms with E-state index in [4.69, 9.17) is 14.2 Å². The molecule has 7 heteroatoms. The van der Waals surface area contributed by atoms with Crippen LogP contribution in [0.3, 0.4) is 0 Å². The van der Waals surface area contributed by atoms with Gasteiger partial charge < -0.3 is 24.4 Å². The van der Waals surface area contributed by atoms with Gasteiger partial charge in [-0.05, 0) is 64.2 Å². The van der Waals surface area contributed by atoms with Crippen LogP contribution in [-0.4, -0.2) is 59.8 Å². The number of ether oxygens (including phenoxy) is 3. The Labute approximate surface area is 301 Å². The number of hydrogen-bond donors (Lipinski definition) is 2. The molecule has 1 heterocycles. The lowest BCUT2D eigenvalue weighted by atomic mass is 10.1. The highest BCUT2D eigenvalue weighted by Gasteiger charge is 2.45. The first-order valence-electron chi connectivity index (χ1n) is 20.6. The van der Waals surface area contributed by atoms with Crippen LogP contribution in [0.5, 0.6) is 0 Å². The third-order valence-electron chi connectivity index (χ3n) is 9.54. The molecule has 4 atom stereocenters. The first-order chi connectivity index (χ1) is 24.0. The highest BCUT2D eigenvalue weighted by atomic mass is 16.6. The lowest BCUT2D eigenvalue weighted by Gasteiger charge is -2.27. The van der Waals surface area contributed by atoms with Crippen molar-refractivity contribution >= 4 is 11.9 Å². The van der Waals surface area contributed by atoms with Gasteiger partial charge in [-0.25, -0.2) is 0 Å². The van der Waals surface area contributed by atoms with Gasteiger partial charge in [0, 0.05) is 12.8 Å². The van der Waals surface area contributed by atoms with Crippen molar-refractivity contribution in [2.24, 2.45) is 0 Å². The predicted octanol–water partition coefficient (Wildman–Crippen LogP) is 10.6. The molecule has 7 nitrogen and oxygen atoms in total. The van der Waals surface area contributed by atoms with Crippen molar-refractivity contribution in [3.05, 3.63) is 24.3 Å². The van der Waals surface area contributed by atoms with Gasteiger partial charge in [-0.1, -0.05) is 141 Å². The van der Waals surface area contributed by atoms with Crippen LogP contribution in [0.25, 0.3) is 0 Å². The van der Waals surface area contributed by atoms with E-state index in [-0.39, 0.29) is 19.4 Å². The van der Waals surface area contributed by atoms with Crippen molar-refractivity contribution in [3.63, 3.8) is 0 Å². The van der Waals surface area contributed by atoms with Crippen LogP contribution < -0.4 is 0 Å². The Morgan fingerprint density at radius 1 is 0.612 bits per heavy atom. The Kier molecular flexibility index (Phi) is 30.9. The van der Waals surface area contributed by atoms with Crippen LogP contribution in [0.15, 0.2) is 24.3 Å². The van der Waals surface area contributed by atoms with Crippen LogP contribution in [0.2, 0.25) is 0 Å². The summed E-state index contributed by atoms with van der Waals surface area (Å²) < 4.78 is 16.7. The van der Waals surface area contributed by atoms with E-state index >= 15 is 0 Å². The monoisotopic (exact) mass is 693 g/mol. The third kappa shape index (κ3) is 25.8. The normalized spacial score (nSPS) is 18.5. The Bertz CT molecular complexity index is 826. The van der Waals surface area contributed by atoms with Gasteiger partial charge in [0.05, 0.1) is 13.2 Å². The molecule has 0 saturated carbocycles. The third-order valence-corrected chi connectivity index (χ3v) is 9.54. The molecular weight excluding hydrogens is 616 g/mol. The predicted molar refractivity (Wildman–Crippen MR) is 201 cm³/mol. The van der Waals surface area contributed by atoms with Gasteiger partial charge in [0.2, 0.25) is 0 Å². The second kappa shape index (κ2) is 33.4. The van der Waals surface area contributed by atoms with Crippen molar-refractivity contribution in [1.29, 1.82) is 0 Å². The number of carbonyl (C=O) groups is 2. The summed E-state index contributed by atoms with van der Waals surface area (Å²) in [6, 6.07) is 0. The van der Waals surface area contributed by atoms with E-state index in [1.807, 2.05) is 0 Å². The Morgan fingerprint density at radius 3 is 1.43 bits per heavy atom. The van der Waals surface area contributed by atoms with Gasteiger partial charge in [-0.3, -0.25) is 9.59 Å². The second-order valence-corrected chi connectivity index (χ2v) is 14.2. The number of unbranched alkanes of at least 4 members (excludes halogenated alkanes) is 22. The van der Waals surface area contributed by atoms with Crippen molar-refractivity contribution < 1.29 is 34.0 Å². The molecule has 0 radical (unpaired) electrons. The molecule has 0 bridgehead atoms. The van der Waals surface area contributed by atoms with E-state index in [9.17, 15) is 19.8 Å². The zero-order chi connectivity index (χ0) is 35.6. The number of carbonyl (C=O) groups excluding carboxylic acids is 2. The van der Waals surface area contributed by atoms with Crippen LogP contribution in [-0.2, 0) is 23.8 Å². The Morgan fingerprint density at radius 2 is 1.00 bits per heavy atom. The first-order valence-corrected chi connectivity index (χ1v) is 20.6. The van der Waals surface area contributed by atoms with Gasteiger partial charge in [-0.2, -0.15) is 0 Å². The first kappa shape index (κ1) is 45.3. The van der Waals surface area contributed by atoms with Crippen molar-refractivity contribution in [2.75, 3.05) is 13.2 Å². The van der Waals surface area contributed by atoms with Crippen LogP contribution in [0.1, 0.15) is 194 Å². The van der Waals surface area contributed by atoms with Gasteiger partial charge in [0.25, 0.3) is 0 Å². The van der Waals surface area contributed by atoms with Crippen molar-refractivity contribution in [3.8, 4) is 0 Å². The molecule has 0 unspecified atom stereocenters. The number of aliphatic hydroxyl groups is 2. The van der Waals surface area contributed by atoms with E-state index in [0.29, 0.717) is 0 Å². The van der Waals surface area contributed by atoms with Gasteiger partial charge in [0.1, 0.15) is 12.2 Å². The average molecular weight is 693 g/mol. The maximum absolute atomic E-state index is 12.6. The van der Waals surface area contributed by atoms with Crippen molar-refractivity contribution in [2.45, 2.75) is 218 Å². The Hall–Kier alpha value is -1.70. The van der Waals surface area contributed by atoms with E-state index in [1.165, 1.54) is 103 Å². The molecule has 1 aliphatic heterocycles. The quantitative estimate of drug-likeness (QED) is 0.0393. The highest BCUT2D eigenvalue weighted by Crippen LogP contribution is 2.24. The fourth-order valence-corrected chi connectivity index (χ4v) is 6.41. The summed E-state index contributed by atoms with van der Waals surface area (Å²) in [5.74, 6) is -0.798. The van der Waals surface area contributed by atoms with E-state index < -0.39 is 43.0 Å². The number of rotatable bonds is 34. The fraction of sp³-hybridized carbons (Fsp3) is 0.857. The number of esters is 2. The lowest BCUT2D eigenvalue weighted by Crippen LogP contribution is -2.45. The molecule has 1 saturated heterocycles. The van der Waals surface area contributed by atoms with E-state index in [0.717, 1.165) is 64.2 Å². The molecule has 286 valence electrons. The molecule has 1 fully saturated rings. The maximum Gasteiger partial charge on any atom is 0.306 e. The van der Waals surface area contributed by atoms with Crippen molar-refractivity contribution in [1.82, 2.24) is 0 Å². The molecule has 0 spiro atoms. The second-order valence-electron chi connectivity index (χ2n) is 14.2. The van der Waals surface area contributed by atoms with Gasteiger partial charge >= 0.3 is 11.9 Å². The van der Waals surface area contributed by atoms with E-state index in [1.54, 1.807) is 0 Å². The molecule has 1 rings (SSSR count). The SMILES string of the molecule is CCCCCCCCC=CCCCCCCCC(=O)O[C@H]1[C@@H]([C@@H](CO)OC(=O)CCCCCCCC=CCCCCCCCC)OC[C@@H]1O. The molecule has 0 aromatic carbocycles. The number of aliphatic hydroxyl groups excluding tert-OH is 2. The van der Waals surface area contributed by atoms with Crippen LogP contribution in [0, 0.1) is 0 Å². The van der Waals surface area contributed by atoms with Crippen LogP contribution in [0.4, 0.5) is 0 Å². The number of hydrogen-bond acceptors (Lipinski definition) is 7. The zero-order valence-electron chi connectivity index (χ0n) is 31.8. The molecule has 2 N–H and O–H groups in total. The summed E-state index contributed by atoms with van der Waals surface area (Å²) in [5.41, 5.74) is 0. The average Bonchev–Trinajstić information content (AvgIpc) is 3.45. The largest absolute Gasteiger partial charge is 0.457 e. The molecule has 0 aliphatic carbocycles. The maximum atomic E-state index is 12.6. The molecule has 1 aliphatic rings. The molecule has 0 aromatic heterocycles. The zero-order valence-corrected chi connectivity index (χ0v) is 31.8. The lowest BCUT2D eigenvalue weighted by molar-refractivity contribution is -0.171. The fourth-order valence-electron chi connectivity index (χ4n) is 6.41. The minimum Gasteiger partial charge on any atom is -0.457 e. The summed E-state index contributed by atoms with van der Waals surface area (Å²) in [4.78, 5) is 25.1. The van der Waals surface area contributed by atoms with E-state index in [2.05, 4.69) is 38.2 Å². The van der Waals surface area contributed by atoms with Gasteiger partial charge in [0.15, 0.2) is 12.2 Å². The minimum atomic E-state index is -1.01. The topological polar surface area (TPSA) is 102 Å². The summed E-state index contributed by atoms with van der Waals surface area (Å²) in [6.45, 7) is 4.01. The summed E-state index contributed by atoms with van der Waals surface area (Å²) in [6.07, 6.45) is 36.8. The summed E-state index contributed by atoms with van der Waals surface area (Å²) in [5, 5.41) is 20.3. The summed E-state index contributed by atoms with van der Waals surface area (Å²) >= 11 is 0. The van der Waals surface area contributed by atoms with Gasteiger partial charge in [-0.15, -0.1) is 0 Å². The smallest absolute Gasteiger partial charge is 0.306 e. The Balaban J connectivity index is 2.12. The van der Waals surface area contributed by atoms with Crippen LogP contribution >= 0.6 is 0 Å². The number of allylic oxidation sites excluding steroid dienone is 4. The molecule has 0 amide bonds. The molecule has 0 aromatic rings. The highest BCUT2D eigenvalue weighted by molar-refractivity contribution is 5.70. The molecule has 49 heavy (non-hydrogen) atoms. The molecular formula is C42H76O7.